The molecule has 0 aliphatic heterocycles. The van der Waals surface area contributed by atoms with Gasteiger partial charge >= 0.3 is 0 Å². The lowest BCUT2D eigenvalue weighted by atomic mass is 9.62. The lowest BCUT2D eigenvalue weighted by Crippen LogP contribution is -2.43. The minimum absolute atomic E-state index is 0.00734. The van der Waals surface area contributed by atoms with Gasteiger partial charge in [-0.2, -0.15) is 0 Å². The summed E-state index contributed by atoms with van der Waals surface area (Å²) in [5.74, 6) is 1.03. The van der Waals surface area contributed by atoms with Gasteiger partial charge in [0.25, 0.3) is 5.56 Å². The van der Waals surface area contributed by atoms with Crippen molar-refractivity contribution in [2.45, 2.75) is 95.2 Å². The van der Waals surface area contributed by atoms with Crippen LogP contribution in [-0.2, 0) is 18.4 Å². The van der Waals surface area contributed by atoms with E-state index in [1.165, 1.54) is 36.8 Å². The number of aromatic nitrogens is 2. The van der Waals surface area contributed by atoms with Crippen LogP contribution >= 0.6 is 11.8 Å². The van der Waals surface area contributed by atoms with Gasteiger partial charge in [0.15, 0.2) is 5.16 Å². The van der Waals surface area contributed by atoms with Crippen LogP contribution in [0.4, 0.5) is 0 Å². The molecule has 3 nitrogen and oxygen atoms in total. The Hall–Kier alpha value is -1.55. The minimum Gasteiger partial charge on any atom is -0.287 e. The standard InChI is InChI=1S/C25H34N2OS/c1-3-5-16-27-23(28)21-22(26-24(27)29-17-6-4-2)20-13-9-8-12-19(20)18-25(21)14-10-7-11-15-25/h8-9,12-13H,3-7,10-11,14-18H2,1-2H3. The van der Waals surface area contributed by atoms with E-state index in [9.17, 15) is 4.79 Å². The number of rotatable bonds is 7. The van der Waals surface area contributed by atoms with Gasteiger partial charge in [0, 0.05) is 23.3 Å². The van der Waals surface area contributed by atoms with Crippen molar-refractivity contribution in [2.75, 3.05) is 5.75 Å². The molecule has 2 aliphatic carbocycles. The maximum Gasteiger partial charge on any atom is 0.258 e. The smallest absolute Gasteiger partial charge is 0.258 e. The average Bonchev–Trinajstić information content (AvgIpc) is 2.74. The highest BCUT2D eigenvalue weighted by Gasteiger charge is 2.43. The Morgan fingerprint density at radius 1 is 1.07 bits per heavy atom. The van der Waals surface area contributed by atoms with Crippen LogP contribution in [0.25, 0.3) is 11.3 Å². The third-order valence-electron chi connectivity index (χ3n) is 6.74. The summed E-state index contributed by atoms with van der Waals surface area (Å²) in [6, 6.07) is 8.66. The molecular weight excluding hydrogens is 376 g/mol. The summed E-state index contributed by atoms with van der Waals surface area (Å²) in [6.45, 7) is 5.20. The Kier molecular flexibility index (Phi) is 6.48. The quantitative estimate of drug-likeness (QED) is 0.302. The van der Waals surface area contributed by atoms with Gasteiger partial charge in [-0.25, -0.2) is 4.98 Å². The van der Waals surface area contributed by atoms with Gasteiger partial charge in [0.2, 0.25) is 0 Å². The van der Waals surface area contributed by atoms with Gasteiger partial charge in [-0.1, -0.05) is 82.0 Å². The molecule has 2 aromatic rings. The van der Waals surface area contributed by atoms with Gasteiger partial charge in [-0.3, -0.25) is 9.36 Å². The van der Waals surface area contributed by atoms with E-state index in [2.05, 4.69) is 38.1 Å². The lowest BCUT2D eigenvalue weighted by Gasteiger charge is -2.42. The van der Waals surface area contributed by atoms with E-state index in [-0.39, 0.29) is 11.0 Å². The van der Waals surface area contributed by atoms with Gasteiger partial charge in [-0.05, 0) is 37.7 Å². The number of thioether (sulfide) groups is 1. The van der Waals surface area contributed by atoms with Crippen LogP contribution in [0.15, 0.2) is 34.2 Å². The summed E-state index contributed by atoms with van der Waals surface area (Å²) in [4.78, 5) is 19.2. The molecule has 4 heteroatoms. The van der Waals surface area contributed by atoms with Crippen molar-refractivity contribution in [1.82, 2.24) is 9.55 Å². The van der Waals surface area contributed by atoms with Crippen molar-refractivity contribution in [2.24, 2.45) is 0 Å². The lowest BCUT2D eigenvalue weighted by molar-refractivity contribution is 0.281. The van der Waals surface area contributed by atoms with Crippen LogP contribution in [0, 0.1) is 0 Å². The van der Waals surface area contributed by atoms with Gasteiger partial charge in [-0.15, -0.1) is 0 Å². The average molecular weight is 411 g/mol. The molecule has 0 saturated heterocycles. The number of nitrogens with zero attached hydrogens (tertiary/aromatic N) is 2. The molecule has 0 atom stereocenters. The molecule has 156 valence electrons. The number of fused-ring (bicyclic) bond motifs is 4. The van der Waals surface area contributed by atoms with E-state index in [1.807, 2.05) is 4.57 Å². The fraction of sp³-hybridized carbons (Fsp3) is 0.600. The van der Waals surface area contributed by atoms with Crippen LogP contribution in [0.5, 0.6) is 0 Å². The summed E-state index contributed by atoms with van der Waals surface area (Å²) in [5, 5.41) is 0.929. The summed E-state index contributed by atoms with van der Waals surface area (Å²) < 4.78 is 2.02. The van der Waals surface area contributed by atoms with Crippen LogP contribution in [-0.4, -0.2) is 15.3 Å². The van der Waals surface area contributed by atoms with Crippen LogP contribution in [0.3, 0.4) is 0 Å². The van der Waals surface area contributed by atoms with E-state index in [0.29, 0.717) is 0 Å². The summed E-state index contributed by atoms with van der Waals surface area (Å²) in [7, 11) is 0. The van der Waals surface area contributed by atoms with E-state index in [1.54, 1.807) is 11.8 Å². The highest BCUT2D eigenvalue weighted by Crippen LogP contribution is 2.48. The third kappa shape index (κ3) is 3.93. The molecule has 1 saturated carbocycles. The normalized spacial score (nSPS) is 17.2. The first-order valence-electron chi connectivity index (χ1n) is 11.6. The topological polar surface area (TPSA) is 34.9 Å². The largest absolute Gasteiger partial charge is 0.287 e. The van der Waals surface area contributed by atoms with Crippen LogP contribution < -0.4 is 5.56 Å². The molecular formula is C25H34N2OS. The predicted octanol–water partition coefficient (Wildman–Crippen LogP) is 6.36. The van der Waals surface area contributed by atoms with Crippen molar-refractivity contribution in [1.29, 1.82) is 0 Å². The maximum atomic E-state index is 14.0. The molecule has 1 heterocycles. The van der Waals surface area contributed by atoms with Crippen molar-refractivity contribution in [3.63, 3.8) is 0 Å². The fourth-order valence-corrected chi connectivity index (χ4v) is 6.25. The van der Waals surface area contributed by atoms with Crippen molar-refractivity contribution in [3.8, 4) is 11.3 Å². The van der Waals surface area contributed by atoms with Crippen LogP contribution in [0.1, 0.15) is 82.8 Å². The van der Waals surface area contributed by atoms with Gasteiger partial charge in [0.1, 0.15) is 0 Å². The molecule has 0 N–H and O–H groups in total. The molecule has 2 aliphatic rings. The maximum absolute atomic E-state index is 14.0. The molecule has 0 amide bonds. The number of benzene rings is 1. The zero-order valence-corrected chi connectivity index (χ0v) is 18.8. The monoisotopic (exact) mass is 410 g/mol. The Bertz CT molecular complexity index is 912. The van der Waals surface area contributed by atoms with Gasteiger partial charge < -0.3 is 0 Å². The molecule has 0 radical (unpaired) electrons. The zero-order chi connectivity index (χ0) is 20.3. The fourth-order valence-electron chi connectivity index (χ4n) is 5.15. The van der Waals surface area contributed by atoms with E-state index < -0.39 is 0 Å². The van der Waals surface area contributed by atoms with Crippen molar-refractivity contribution < 1.29 is 0 Å². The first-order valence-corrected chi connectivity index (χ1v) is 12.5. The predicted molar refractivity (Wildman–Crippen MR) is 123 cm³/mol. The Balaban J connectivity index is 1.90. The molecule has 0 unspecified atom stereocenters. The number of unbranched alkanes of at least 4 members (excludes halogenated alkanes) is 2. The summed E-state index contributed by atoms with van der Waals surface area (Å²) in [5.41, 5.74) is 4.84. The molecule has 1 fully saturated rings. The number of hydrogen-bond donors (Lipinski definition) is 0. The second kappa shape index (κ2) is 9.07. The Morgan fingerprint density at radius 2 is 1.83 bits per heavy atom. The van der Waals surface area contributed by atoms with Crippen molar-refractivity contribution >= 4 is 11.8 Å². The third-order valence-corrected chi connectivity index (χ3v) is 7.80. The molecule has 1 spiro atoms. The van der Waals surface area contributed by atoms with E-state index in [4.69, 9.17) is 4.98 Å². The molecule has 1 aromatic heterocycles. The minimum atomic E-state index is -0.00734. The Morgan fingerprint density at radius 3 is 2.59 bits per heavy atom. The zero-order valence-electron chi connectivity index (χ0n) is 18.0. The highest BCUT2D eigenvalue weighted by atomic mass is 32.2. The van der Waals surface area contributed by atoms with E-state index in [0.717, 1.165) is 67.2 Å². The summed E-state index contributed by atoms with van der Waals surface area (Å²) in [6.07, 6.45) is 11.5. The first-order chi connectivity index (χ1) is 14.2. The van der Waals surface area contributed by atoms with Gasteiger partial charge in [0.05, 0.1) is 11.3 Å². The van der Waals surface area contributed by atoms with Crippen molar-refractivity contribution in [3.05, 3.63) is 45.7 Å². The van der Waals surface area contributed by atoms with E-state index >= 15 is 0 Å². The SMILES string of the molecule is CCCCSc1nc2c(c(=O)n1CCCC)C1(CCCCC1)Cc1ccccc1-2. The summed E-state index contributed by atoms with van der Waals surface area (Å²) >= 11 is 1.77. The van der Waals surface area contributed by atoms with Crippen LogP contribution in [0.2, 0.25) is 0 Å². The molecule has 29 heavy (non-hydrogen) atoms. The second-order valence-electron chi connectivity index (χ2n) is 8.81. The Labute approximate surface area is 179 Å². The highest BCUT2D eigenvalue weighted by molar-refractivity contribution is 7.99. The molecule has 0 bridgehead atoms. The molecule has 1 aromatic carbocycles. The molecule has 4 rings (SSSR count). The first kappa shape index (κ1) is 20.7. The second-order valence-corrected chi connectivity index (χ2v) is 9.87. The number of hydrogen-bond acceptors (Lipinski definition) is 3.